The lowest BCUT2D eigenvalue weighted by molar-refractivity contribution is 0.0970. The maximum Gasteiger partial charge on any atom is 0.302 e. The average molecular weight is 350 g/mol. The van der Waals surface area contributed by atoms with Gasteiger partial charge in [-0.05, 0) is 38.8 Å². The van der Waals surface area contributed by atoms with Crippen LogP contribution >= 0.6 is 0 Å². The zero-order chi connectivity index (χ0) is 17.8. The van der Waals surface area contributed by atoms with Crippen molar-refractivity contribution in [1.29, 1.82) is 0 Å². The topological polar surface area (TPSA) is 93.1 Å². The number of hydrogen-bond donors (Lipinski definition) is 2. The Morgan fingerprint density at radius 1 is 1.17 bits per heavy atom. The molecule has 0 aliphatic heterocycles. The van der Waals surface area contributed by atoms with Gasteiger partial charge in [0, 0.05) is 18.3 Å². The number of carbonyl (C=O) groups is 1. The summed E-state index contributed by atoms with van der Waals surface area (Å²) >= 11 is 0. The van der Waals surface area contributed by atoms with E-state index in [0.717, 1.165) is 5.56 Å². The first-order chi connectivity index (χ1) is 11.2. The molecule has 0 spiro atoms. The Morgan fingerprint density at radius 2 is 1.83 bits per heavy atom. The molecular formula is C16H22N4O3S. The Balaban J connectivity index is 2.05. The molecule has 0 bridgehead atoms. The maximum atomic E-state index is 12.2. The number of aryl methyl sites for hydroxylation is 2. The molecule has 0 fully saturated rings. The van der Waals surface area contributed by atoms with Crippen LogP contribution in [0.5, 0.6) is 0 Å². The van der Waals surface area contributed by atoms with Crippen molar-refractivity contribution < 1.29 is 13.2 Å². The summed E-state index contributed by atoms with van der Waals surface area (Å²) in [6.45, 7) is 5.56. The normalized spacial score (nSPS) is 12.1. The SMILES string of the molecule is CC(C)(C)NS(=O)(=O)NC(=O)c1ccnn1CCc1ccccc1. The molecule has 0 radical (unpaired) electrons. The van der Waals surface area contributed by atoms with Crippen LogP contribution in [0.1, 0.15) is 36.8 Å². The van der Waals surface area contributed by atoms with Gasteiger partial charge in [-0.2, -0.15) is 18.2 Å². The summed E-state index contributed by atoms with van der Waals surface area (Å²) < 4.78 is 29.8. The molecular weight excluding hydrogens is 328 g/mol. The number of nitrogens with one attached hydrogen (secondary N) is 2. The molecule has 0 atom stereocenters. The van der Waals surface area contributed by atoms with E-state index in [4.69, 9.17) is 0 Å². The van der Waals surface area contributed by atoms with Gasteiger partial charge in [-0.1, -0.05) is 30.3 Å². The predicted octanol–water partition coefficient (Wildman–Crippen LogP) is 1.49. The van der Waals surface area contributed by atoms with E-state index in [1.165, 1.54) is 16.9 Å². The summed E-state index contributed by atoms with van der Waals surface area (Å²) in [6.07, 6.45) is 2.17. The fraction of sp³-hybridized carbons (Fsp3) is 0.375. The van der Waals surface area contributed by atoms with Crippen molar-refractivity contribution in [3.05, 3.63) is 53.9 Å². The quantitative estimate of drug-likeness (QED) is 0.825. The van der Waals surface area contributed by atoms with Crippen molar-refractivity contribution in [2.45, 2.75) is 39.3 Å². The second-order valence-corrected chi connectivity index (χ2v) is 7.88. The fourth-order valence-corrected chi connectivity index (χ4v) is 3.39. The van der Waals surface area contributed by atoms with Crippen LogP contribution < -0.4 is 9.44 Å². The van der Waals surface area contributed by atoms with E-state index in [1.807, 2.05) is 35.1 Å². The highest BCUT2D eigenvalue weighted by Crippen LogP contribution is 2.06. The molecule has 7 nitrogen and oxygen atoms in total. The van der Waals surface area contributed by atoms with Gasteiger partial charge in [-0.3, -0.25) is 9.48 Å². The summed E-state index contributed by atoms with van der Waals surface area (Å²) in [7, 11) is -3.94. The lowest BCUT2D eigenvalue weighted by Crippen LogP contribution is -2.48. The summed E-state index contributed by atoms with van der Waals surface area (Å²) in [5.74, 6) is -0.711. The highest BCUT2D eigenvalue weighted by molar-refractivity contribution is 7.88. The van der Waals surface area contributed by atoms with Gasteiger partial charge in [0.05, 0.1) is 0 Å². The van der Waals surface area contributed by atoms with Crippen molar-refractivity contribution >= 4 is 16.1 Å². The third kappa shape index (κ3) is 5.47. The van der Waals surface area contributed by atoms with Gasteiger partial charge in [0.2, 0.25) is 0 Å². The van der Waals surface area contributed by atoms with Crippen molar-refractivity contribution in [3.63, 3.8) is 0 Å². The summed E-state index contributed by atoms with van der Waals surface area (Å²) in [4.78, 5) is 12.2. The van der Waals surface area contributed by atoms with Gasteiger partial charge in [0.1, 0.15) is 5.69 Å². The number of benzene rings is 1. The largest absolute Gasteiger partial charge is 0.302 e. The molecule has 0 unspecified atom stereocenters. The van der Waals surface area contributed by atoms with Crippen LogP contribution in [0.15, 0.2) is 42.6 Å². The molecule has 1 heterocycles. The monoisotopic (exact) mass is 350 g/mol. The fourth-order valence-electron chi connectivity index (χ4n) is 2.19. The third-order valence-corrected chi connectivity index (χ3v) is 4.41. The van der Waals surface area contributed by atoms with Crippen LogP contribution in [-0.2, 0) is 23.2 Å². The molecule has 2 aromatic rings. The highest BCUT2D eigenvalue weighted by atomic mass is 32.2. The van der Waals surface area contributed by atoms with E-state index in [-0.39, 0.29) is 5.69 Å². The van der Waals surface area contributed by atoms with Gasteiger partial charge in [-0.15, -0.1) is 0 Å². The van der Waals surface area contributed by atoms with Crippen LogP contribution in [0.25, 0.3) is 0 Å². The number of amides is 1. The second-order valence-electron chi connectivity index (χ2n) is 6.46. The number of carbonyl (C=O) groups excluding carboxylic acids is 1. The molecule has 2 rings (SSSR count). The van der Waals surface area contributed by atoms with Gasteiger partial charge < -0.3 is 0 Å². The molecule has 0 aliphatic carbocycles. The molecule has 130 valence electrons. The lowest BCUT2D eigenvalue weighted by Gasteiger charge is -2.20. The Bertz CT molecular complexity index is 792. The van der Waals surface area contributed by atoms with E-state index in [0.29, 0.717) is 13.0 Å². The molecule has 8 heteroatoms. The average Bonchev–Trinajstić information content (AvgIpc) is 2.91. The first-order valence-corrected chi connectivity index (χ1v) is 9.06. The minimum absolute atomic E-state index is 0.199. The van der Waals surface area contributed by atoms with E-state index in [1.54, 1.807) is 20.8 Å². The molecule has 0 saturated carbocycles. The van der Waals surface area contributed by atoms with Crippen molar-refractivity contribution in [1.82, 2.24) is 19.2 Å². The number of rotatable bonds is 6. The Morgan fingerprint density at radius 3 is 2.46 bits per heavy atom. The Kier molecular flexibility index (Phi) is 5.40. The summed E-state index contributed by atoms with van der Waals surface area (Å²) in [6, 6.07) is 11.3. The van der Waals surface area contributed by atoms with Crippen molar-refractivity contribution in [3.8, 4) is 0 Å². The van der Waals surface area contributed by atoms with Crippen molar-refractivity contribution in [2.24, 2.45) is 0 Å². The summed E-state index contributed by atoms with van der Waals surface area (Å²) in [5, 5.41) is 4.10. The van der Waals surface area contributed by atoms with Crippen LogP contribution in [0.3, 0.4) is 0 Å². The van der Waals surface area contributed by atoms with E-state index < -0.39 is 21.7 Å². The first-order valence-electron chi connectivity index (χ1n) is 7.58. The van der Waals surface area contributed by atoms with E-state index >= 15 is 0 Å². The molecule has 2 N–H and O–H groups in total. The van der Waals surface area contributed by atoms with Crippen LogP contribution in [0, 0.1) is 0 Å². The van der Waals surface area contributed by atoms with Crippen LogP contribution in [-0.4, -0.2) is 29.6 Å². The maximum absolute atomic E-state index is 12.2. The smallest absolute Gasteiger partial charge is 0.266 e. The zero-order valence-electron chi connectivity index (χ0n) is 14.0. The highest BCUT2D eigenvalue weighted by Gasteiger charge is 2.23. The molecule has 1 aromatic carbocycles. The predicted molar refractivity (Wildman–Crippen MR) is 91.6 cm³/mol. The molecule has 0 saturated heterocycles. The minimum Gasteiger partial charge on any atom is -0.266 e. The molecule has 24 heavy (non-hydrogen) atoms. The van der Waals surface area contributed by atoms with Gasteiger partial charge in [-0.25, -0.2) is 4.72 Å². The third-order valence-electron chi connectivity index (χ3n) is 3.07. The first kappa shape index (κ1) is 18.2. The number of aromatic nitrogens is 2. The molecule has 0 aliphatic rings. The molecule has 1 aromatic heterocycles. The number of nitrogens with zero attached hydrogens (tertiary/aromatic N) is 2. The Hall–Kier alpha value is -2.19. The standard InChI is InChI=1S/C16H22N4O3S/c1-16(2,3)19-24(22,23)18-15(21)14-9-11-17-20(14)12-10-13-7-5-4-6-8-13/h4-9,11,19H,10,12H2,1-3H3,(H,18,21). The van der Waals surface area contributed by atoms with E-state index in [9.17, 15) is 13.2 Å². The van der Waals surface area contributed by atoms with Gasteiger partial charge in [0.15, 0.2) is 0 Å². The molecule has 1 amide bonds. The number of hydrogen-bond acceptors (Lipinski definition) is 4. The zero-order valence-corrected chi connectivity index (χ0v) is 14.8. The minimum atomic E-state index is -3.94. The second kappa shape index (κ2) is 7.14. The van der Waals surface area contributed by atoms with E-state index in [2.05, 4.69) is 9.82 Å². The van der Waals surface area contributed by atoms with Crippen LogP contribution in [0.4, 0.5) is 0 Å². The summed E-state index contributed by atoms with van der Waals surface area (Å²) in [5.41, 5.74) is 0.631. The van der Waals surface area contributed by atoms with Gasteiger partial charge in [0.25, 0.3) is 5.91 Å². The van der Waals surface area contributed by atoms with Gasteiger partial charge >= 0.3 is 10.2 Å². The Labute approximate surface area is 142 Å². The lowest BCUT2D eigenvalue weighted by atomic mass is 10.1. The van der Waals surface area contributed by atoms with Crippen molar-refractivity contribution in [2.75, 3.05) is 0 Å². The van der Waals surface area contributed by atoms with Crippen LogP contribution in [0.2, 0.25) is 0 Å².